The van der Waals surface area contributed by atoms with Gasteiger partial charge in [0.05, 0.1) is 27.5 Å². The summed E-state index contributed by atoms with van der Waals surface area (Å²) in [5.74, 6) is 1.63. The van der Waals surface area contributed by atoms with Crippen molar-refractivity contribution >= 4 is 12.1 Å². The third-order valence-electron chi connectivity index (χ3n) is 3.14. The molecule has 0 atom stereocenters. The van der Waals surface area contributed by atoms with Crippen LogP contribution in [0.5, 0.6) is 17.2 Å². The fraction of sp³-hybridized carbons (Fsp3) is 0.500. The number of hydrazone groups is 1. The van der Waals surface area contributed by atoms with Crippen molar-refractivity contribution in [2.45, 2.75) is 32.6 Å². The summed E-state index contributed by atoms with van der Waals surface area (Å²) in [5, 5.41) is 3.96. The number of methoxy groups -OCH3 is 3. The van der Waals surface area contributed by atoms with Gasteiger partial charge in [-0.3, -0.25) is 4.79 Å². The van der Waals surface area contributed by atoms with Gasteiger partial charge in [0.25, 0.3) is 0 Å². The van der Waals surface area contributed by atoms with E-state index in [9.17, 15) is 4.79 Å². The molecule has 0 aromatic heterocycles. The van der Waals surface area contributed by atoms with Crippen LogP contribution in [0.25, 0.3) is 0 Å². The van der Waals surface area contributed by atoms with E-state index in [1.165, 1.54) is 6.21 Å². The lowest BCUT2D eigenvalue weighted by molar-refractivity contribution is -0.121. The number of ether oxygens (including phenoxy) is 3. The van der Waals surface area contributed by atoms with Crippen LogP contribution >= 0.6 is 0 Å². The smallest absolute Gasteiger partial charge is 0.240 e. The first-order valence-electron chi connectivity index (χ1n) is 7.28. The SMILES string of the molecule is CCCCCC(=O)N/N=C/c1cc(OC)c(OC)cc1OC. The number of unbranched alkanes of at least 4 members (excludes halogenated alkanes) is 2. The van der Waals surface area contributed by atoms with Crippen molar-refractivity contribution in [1.82, 2.24) is 5.43 Å². The van der Waals surface area contributed by atoms with Crippen LogP contribution in [-0.2, 0) is 4.79 Å². The van der Waals surface area contributed by atoms with Gasteiger partial charge in [0.15, 0.2) is 11.5 Å². The quantitative estimate of drug-likeness (QED) is 0.433. The summed E-state index contributed by atoms with van der Waals surface area (Å²) in [6.45, 7) is 2.10. The summed E-state index contributed by atoms with van der Waals surface area (Å²) in [5.41, 5.74) is 3.20. The second-order valence-corrected chi connectivity index (χ2v) is 4.70. The lowest BCUT2D eigenvalue weighted by Gasteiger charge is -2.11. The highest BCUT2D eigenvalue weighted by Gasteiger charge is 2.10. The van der Waals surface area contributed by atoms with Gasteiger partial charge in [-0.1, -0.05) is 19.8 Å². The molecule has 1 N–H and O–H groups in total. The van der Waals surface area contributed by atoms with Crippen molar-refractivity contribution in [3.05, 3.63) is 17.7 Å². The molecule has 1 aromatic rings. The second-order valence-electron chi connectivity index (χ2n) is 4.70. The topological polar surface area (TPSA) is 69.2 Å². The maximum Gasteiger partial charge on any atom is 0.240 e. The maximum atomic E-state index is 11.6. The van der Waals surface area contributed by atoms with E-state index in [4.69, 9.17) is 14.2 Å². The monoisotopic (exact) mass is 308 g/mol. The first kappa shape index (κ1) is 17.8. The molecular formula is C16H24N2O4. The van der Waals surface area contributed by atoms with Crippen molar-refractivity contribution in [1.29, 1.82) is 0 Å². The van der Waals surface area contributed by atoms with Crippen molar-refractivity contribution in [2.75, 3.05) is 21.3 Å². The minimum atomic E-state index is -0.0934. The first-order valence-corrected chi connectivity index (χ1v) is 7.28. The normalized spacial score (nSPS) is 10.5. The van der Waals surface area contributed by atoms with Gasteiger partial charge in [0.1, 0.15) is 5.75 Å². The van der Waals surface area contributed by atoms with Gasteiger partial charge < -0.3 is 14.2 Å². The number of hydrogen-bond donors (Lipinski definition) is 1. The first-order chi connectivity index (χ1) is 10.7. The van der Waals surface area contributed by atoms with E-state index in [1.54, 1.807) is 33.5 Å². The third kappa shape index (κ3) is 5.27. The van der Waals surface area contributed by atoms with Crippen LogP contribution < -0.4 is 19.6 Å². The molecule has 22 heavy (non-hydrogen) atoms. The van der Waals surface area contributed by atoms with Crippen molar-refractivity contribution in [2.24, 2.45) is 5.10 Å². The van der Waals surface area contributed by atoms with Crippen LogP contribution in [-0.4, -0.2) is 33.5 Å². The number of carbonyl (C=O) groups excluding carboxylic acids is 1. The number of nitrogens with zero attached hydrogens (tertiary/aromatic N) is 1. The number of amides is 1. The molecule has 0 aliphatic heterocycles. The van der Waals surface area contributed by atoms with Crippen molar-refractivity contribution in [3.8, 4) is 17.2 Å². The molecule has 1 rings (SSSR count). The molecule has 122 valence electrons. The van der Waals surface area contributed by atoms with E-state index in [2.05, 4.69) is 17.5 Å². The van der Waals surface area contributed by atoms with Crippen molar-refractivity contribution < 1.29 is 19.0 Å². The molecule has 6 heteroatoms. The molecule has 0 fully saturated rings. The van der Waals surface area contributed by atoms with Gasteiger partial charge in [-0.15, -0.1) is 0 Å². The highest BCUT2D eigenvalue weighted by atomic mass is 16.5. The number of hydrogen-bond acceptors (Lipinski definition) is 5. The number of benzene rings is 1. The van der Waals surface area contributed by atoms with E-state index in [1.807, 2.05) is 0 Å². The largest absolute Gasteiger partial charge is 0.496 e. The average molecular weight is 308 g/mol. The Bertz CT molecular complexity index is 515. The molecule has 6 nitrogen and oxygen atoms in total. The number of nitrogens with one attached hydrogen (secondary N) is 1. The Morgan fingerprint density at radius 3 is 2.32 bits per heavy atom. The Morgan fingerprint density at radius 1 is 1.09 bits per heavy atom. The summed E-state index contributed by atoms with van der Waals surface area (Å²) in [4.78, 5) is 11.6. The standard InChI is InChI=1S/C16H24N2O4/c1-5-6-7-8-16(19)18-17-11-12-9-14(21-3)15(22-4)10-13(12)20-2/h9-11H,5-8H2,1-4H3,(H,18,19)/b17-11+. The van der Waals surface area contributed by atoms with Gasteiger partial charge in [-0.25, -0.2) is 5.43 Å². The van der Waals surface area contributed by atoms with Gasteiger partial charge in [0, 0.05) is 18.1 Å². The zero-order chi connectivity index (χ0) is 16.4. The summed E-state index contributed by atoms with van der Waals surface area (Å²) < 4.78 is 15.7. The van der Waals surface area contributed by atoms with Gasteiger partial charge in [-0.05, 0) is 12.5 Å². The molecule has 0 aliphatic rings. The predicted molar refractivity (Wildman–Crippen MR) is 86.0 cm³/mol. The van der Waals surface area contributed by atoms with Gasteiger partial charge >= 0.3 is 0 Å². The maximum absolute atomic E-state index is 11.6. The average Bonchev–Trinajstić information content (AvgIpc) is 2.54. The van der Waals surface area contributed by atoms with Crippen LogP contribution in [0.2, 0.25) is 0 Å². The van der Waals surface area contributed by atoms with E-state index in [0.29, 0.717) is 29.2 Å². The van der Waals surface area contributed by atoms with Crippen LogP contribution in [0, 0.1) is 0 Å². The molecule has 0 saturated carbocycles. The van der Waals surface area contributed by atoms with E-state index < -0.39 is 0 Å². The highest BCUT2D eigenvalue weighted by molar-refractivity contribution is 5.86. The molecule has 1 amide bonds. The van der Waals surface area contributed by atoms with E-state index >= 15 is 0 Å². The molecular weight excluding hydrogens is 284 g/mol. The van der Waals surface area contributed by atoms with Gasteiger partial charge in [-0.2, -0.15) is 5.10 Å². The zero-order valence-electron chi connectivity index (χ0n) is 13.6. The lowest BCUT2D eigenvalue weighted by atomic mass is 10.2. The van der Waals surface area contributed by atoms with E-state index in [0.717, 1.165) is 19.3 Å². The van der Waals surface area contributed by atoms with Crippen molar-refractivity contribution in [3.63, 3.8) is 0 Å². The molecule has 0 heterocycles. The molecule has 0 radical (unpaired) electrons. The Balaban J connectivity index is 2.75. The van der Waals surface area contributed by atoms with Crippen LogP contribution in [0.4, 0.5) is 0 Å². The molecule has 0 bridgehead atoms. The lowest BCUT2D eigenvalue weighted by Crippen LogP contribution is -2.16. The fourth-order valence-electron chi connectivity index (χ4n) is 1.92. The minimum absolute atomic E-state index is 0.0934. The molecule has 1 aromatic carbocycles. The Morgan fingerprint density at radius 2 is 1.73 bits per heavy atom. The number of rotatable bonds is 9. The molecule has 0 aliphatic carbocycles. The van der Waals surface area contributed by atoms with E-state index in [-0.39, 0.29) is 5.91 Å². The molecule has 0 spiro atoms. The third-order valence-corrected chi connectivity index (χ3v) is 3.14. The number of carbonyl (C=O) groups is 1. The summed E-state index contributed by atoms with van der Waals surface area (Å²) in [6.07, 6.45) is 5.00. The Kier molecular flexibility index (Phi) is 7.81. The van der Waals surface area contributed by atoms with Crippen LogP contribution in [0.1, 0.15) is 38.2 Å². The molecule has 0 unspecified atom stereocenters. The summed E-state index contributed by atoms with van der Waals surface area (Å²) in [6, 6.07) is 3.45. The minimum Gasteiger partial charge on any atom is -0.496 e. The zero-order valence-corrected chi connectivity index (χ0v) is 13.6. The van der Waals surface area contributed by atoms with Crippen LogP contribution in [0.3, 0.4) is 0 Å². The second kappa shape index (κ2) is 9.65. The van der Waals surface area contributed by atoms with Crippen LogP contribution in [0.15, 0.2) is 17.2 Å². The Hall–Kier alpha value is -2.24. The fourth-order valence-corrected chi connectivity index (χ4v) is 1.92. The van der Waals surface area contributed by atoms with Gasteiger partial charge in [0.2, 0.25) is 5.91 Å². The molecule has 0 saturated heterocycles. The summed E-state index contributed by atoms with van der Waals surface area (Å²) in [7, 11) is 4.67. The highest BCUT2D eigenvalue weighted by Crippen LogP contribution is 2.33. The summed E-state index contributed by atoms with van der Waals surface area (Å²) >= 11 is 0. The predicted octanol–water partition coefficient (Wildman–Crippen LogP) is 2.74. The Labute approximate surface area is 131 Å².